The van der Waals surface area contributed by atoms with E-state index in [9.17, 15) is 0 Å². The number of hydrogen-bond donors (Lipinski definition) is 1. The van der Waals surface area contributed by atoms with Gasteiger partial charge in [0, 0.05) is 23.8 Å². The van der Waals surface area contributed by atoms with E-state index in [-0.39, 0.29) is 0 Å². The van der Waals surface area contributed by atoms with Crippen LogP contribution in [0.3, 0.4) is 0 Å². The van der Waals surface area contributed by atoms with Crippen LogP contribution in [-0.2, 0) is 6.54 Å². The largest absolute Gasteiger partial charge is 0.310 e. The first-order chi connectivity index (χ1) is 8.65. The molecule has 1 atom stereocenters. The van der Waals surface area contributed by atoms with Crippen LogP contribution in [0.25, 0.3) is 0 Å². The van der Waals surface area contributed by atoms with E-state index >= 15 is 0 Å². The van der Waals surface area contributed by atoms with Crippen LogP contribution in [-0.4, -0.2) is 16.3 Å². The van der Waals surface area contributed by atoms with Gasteiger partial charge in [-0.05, 0) is 33.2 Å². The Morgan fingerprint density at radius 1 is 1.17 bits per heavy atom. The molecule has 0 saturated heterocycles. The Kier molecular flexibility index (Phi) is 6.41. The van der Waals surface area contributed by atoms with Crippen molar-refractivity contribution in [2.75, 3.05) is 6.54 Å². The fraction of sp³-hybridized carbons (Fsp3) is 0.800. The molecule has 1 aromatic heterocycles. The average molecular weight is 251 g/mol. The molecule has 0 aliphatic heterocycles. The van der Waals surface area contributed by atoms with Crippen molar-refractivity contribution in [1.82, 2.24) is 15.1 Å². The third-order valence-electron chi connectivity index (χ3n) is 3.62. The molecule has 18 heavy (non-hydrogen) atoms. The van der Waals surface area contributed by atoms with Gasteiger partial charge < -0.3 is 5.32 Å². The molecule has 0 aliphatic rings. The Morgan fingerprint density at radius 3 is 2.44 bits per heavy atom. The van der Waals surface area contributed by atoms with Crippen molar-refractivity contribution in [3.8, 4) is 0 Å². The summed E-state index contributed by atoms with van der Waals surface area (Å²) >= 11 is 0. The van der Waals surface area contributed by atoms with Gasteiger partial charge in [-0.3, -0.25) is 4.68 Å². The van der Waals surface area contributed by atoms with Crippen LogP contribution in [0.15, 0.2) is 0 Å². The molecule has 0 bridgehead atoms. The Hall–Kier alpha value is -0.830. The van der Waals surface area contributed by atoms with Crippen LogP contribution in [0, 0.1) is 13.8 Å². The van der Waals surface area contributed by atoms with Crippen molar-refractivity contribution in [2.45, 2.75) is 72.9 Å². The maximum Gasteiger partial charge on any atom is 0.0644 e. The number of unbranched alkanes of at least 4 members (excludes halogenated alkanes) is 2. The minimum Gasteiger partial charge on any atom is -0.310 e. The highest BCUT2D eigenvalue weighted by molar-refractivity contribution is 5.28. The fourth-order valence-electron chi connectivity index (χ4n) is 2.64. The molecule has 0 saturated carbocycles. The van der Waals surface area contributed by atoms with Crippen molar-refractivity contribution in [3.63, 3.8) is 0 Å². The first kappa shape index (κ1) is 15.2. The molecule has 0 aromatic carbocycles. The maximum atomic E-state index is 4.71. The van der Waals surface area contributed by atoms with Crippen molar-refractivity contribution in [3.05, 3.63) is 17.0 Å². The second kappa shape index (κ2) is 7.57. The van der Waals surface area contributed by atoms with E-state index in [4.69, 9.17) is 5.10 Å². The van der Waals surface area contributed by atoms with Gasteiger partial charge in [0.15, 0.2) is 0 Å². The SMILES string of the molecule is CCCCCn1nc(C)c(C(CC)NCC)c1C. The van der Waals surface area contributed by atoms with E-state index in [1.165, 1.54) is 36.2 Å². The third kappa shape index (κ3) is 3.58. The molecule has 0 radical (unpaired) electrons. The van der Waals surface area contributed by atoms with Gasteiger partial charge in [-0.1, -0.05) is 33.6 Å². The number of nitrogens with zero attached hydrogens (tertiary/aromatic N) is 2. The highest BCUT2D eigenvalue weighted by atomic mass is 15.3. The zero-order valence-electron chi connectivity index (χ0n) is 12.7. The Balaban J connectivity index is 2.85. The van der Waals surface area contributed by atoms with Crippen molar-refractivity contribution >= 4 is 0 Å². The summed E-state index contributed by atoms with van der Waals surface area (Å²) in [6.45, 7) is 13.1. The molecule has 0 spiro atoms. The van der Waals surface area contributed by atoms with E-state index < -0.39 is 0 Å². The quantitative estimate of drug-likeness (QED) is 0.713. The minimum atomic E-state index is 0.454. The van der Waals surface area contributed by atoms with Gasteiger partial charge in [0.2, 0.25) is 0 Å². The Bertz CT molecular complexity index is 355. The highest BCUT2D eigenvalue weighted by Gasteiger charge is 2.18. The van der Waals surface area contributed by atoms with Gasteiger partial charge in [0.1, 0.15) is 0 Å². The molecule has 3 nitrogen and oxygen atoms in total. The maximum absolute atomic E-state index is 4.71. The van der Waals surface area contributed by atoms with Gasteiger partial charge in [-0.25, -0.2) is 0 Å². The number of nitrogens with one attached hydrogen (secondary N) is 1. The van der Waals surface area contributed by atoms with Gasteiger partial charge in [0.25, 0.3) is 0 Å². The molecule has 1 rings (SSSR count). The lowest BCUT2D eigenvalue weighted by molar-refractivity contribution is 0.522. The third-order valence-corrected chi connectivity index (χ3v) is 3.62. The molecular weight excluding hydrogens is 222 g/mol. The topological polar surface area (TPSA) is 29.9 Å². The van der Waals surface area contributed by atoms with Gasteiger partial charge in [-0.2, -0.15) is 5.10 Å². The summed E-state index contributed by atoms with van der Waals surface area (Å²) in [5, 5.41) is 8.27. The van der Waals surface area contributed by atoms with Crippen LogP contribution >= 0.6 is 0 Å². The molecule has 0 aliphatic carbocycles. The summed E-state index contributed by atoms with van der Waals surface area (Å²) in [4.78, 5) is 0. The summed E-state index contributed by atoms with van der Waals surface area (Å²) in [7, 11) is 0. The second-order valence-electron chi connectivity index (χ2n) is 5.03. The molecule has 0 fully saturated rings. The Morgan fingerprint density at radius 2 is 1.89 bits per heavy atom. The monoisotopic (exact) mass is 251 g/mol. The molecule has 1 heterocycles. The molecule has 0 amide bonds. The van der Waals surface area contributed by atoms with Gasteiger partial charge >= 0.3 is 0 Å². The lowest BCUT2D eigenvalue weighted by atomic mass is 10.0. The van der Waals surface area contributed by atoms with Crippen LogP contribution in [0.1, 0.15) is 69.4 Å². The van der Waals surface area contributed by atoms with E-state index in [1.54, 1.807) is 0 Å². The molecular formula is C15H29N3. The number of aryl methyl sites for hydroxylation is 2. The summed E-state index contributed by atoms with van der Waals surface area (Å²) in [6.07, 6.45) is 4.91. The molecule has 1 unspecified atom stereocenters. The van der Waals surface area contributed by atoms with Gasteiger partial charge in [-0.15, -0.1) is 0 Å². The lowest BCUT2D eigenvalue weighted by Crippen LogP contribution is -2.21. The average Bonchev–Trinajstić information content (AvgIpc) is 2.63. The van der Waals surface area contributed by atoms with Crippen LogP contribution < -0.4 is 5.32 Å². The number of rotatable bonds is 8. The first-order valence-corrected chi connectivity index (χ1v) is 7.42. The second-order valence-corrected chi connectivity index (χ2v) is 5.03. The van der Waals surface area contributed by atoms with Crippen molar-refractivity contribution in [2.24, 2.45) is 0 Å². The summed E-state index contributed by atoms with van der Waals surface area (Å²) in [6, 6.07) is 0.454. The molecule has 104 valence electrons. The van der Waals surface area contributed by atoms with E-state index in [0.29, 0.717) is 6.04 Å². The van der Waals surface area contributed by atoms with E-state index in [2.05, 4.69) is 44.6 Å². The Labute approximate surface area is 112 Å². The summed E-state index contributed by atoms with van der Waals surface area (Å²) < 4.78 is 2.19. The van der Waals surface area contributed by atoms with Crippen LogP contribution in [0.5, 0.6) is 0 Å². The van der Waals surface area contributed by atoms with Crippen LogP contribution in [0.4, 0.5) is 0 Å². The number of aromatic nitrogens is 2. The van der Waals surface area contributed by atoms with Crippen molar-refractivity contribution in [1.29, 1.82) is 0 Å². The zero-order valence-corrected chi connectivity index (χ0v) is 12.7. The zero-order chi connectivity index (χ0) is 13.5. The predicted molar refractivity (Wildman–Crippen MR) is 77.9 cm³/mol. The van der Waals surface area contributed by atoms with E-state index in [1.807, 2.05) is 0 Å². The molecule has 3 heteroatoms. The molecule has 1 aromatic rings. The summed E-state index contributed by atoms with van der Waals surface area (Å²) in [5.74, 6) is 0. The number of hydrogen-bond acceptors (Lipinski definition) is 2. The smallest absolute Gasteiger partial charge is 0.0644 e. The summed E-state index contributed by atoms with van der Waals surface area (Å²) in [5.41, 5.74) is 3.95. The van der Waals surface area contributed by atoms with Gasteiger partial charge in [0.05, 0.1) is 5.69 Å². The first-order valence-electron chi connectivity index (χ1n) is 7.42. The van der Waals surface area contributed by atoms with Crippen LogP contribution in [0.2, 0.25) is 0 Å². The highest BCUT2D eigenvalue weighted by Crippen LogP contribution is 2.24. The predicted octanol–water partition coefficient (Wildman–Crippen LogP) is 3.75. The van der Waals surface area contributed by atoms with Crippen molar-refractivity contribution < 1.29 is 0 Å². The molecule has 1 N–H and O–H groups in total. The standard InChI is InChI=1S/C15H29N3/c1-6-9-10-11-18-13(5)15(12(4)17-18)14(7-2)16-8-3/h14,16H,6-11H2,1-5H3. The van der Waals surface area contributed by atoms with E-state index in [0.717, 1.165) is 19.5 Å². The minimum absolute atomic E-state index is 0.454. The lowest BCUT2D eigenvalue weighted by Gasteiger charge is -2.16. The fourth-order valence-corrected chi connectivity index (χ4v) is 2.64. The normalized spacial score (nSPS) is 12.9.